The third-order valence-electron chi connectivity index (χ3n) is 3.14. The fourth-order valence-corrected chi connectivity index (χ4v) is 1.89. The predicted octanol–water partition coefficient (Wildman–Crippen LogP) is 3.06. The van der Waals surface area contributed by atoms with Crippen molar-refractivity contribution >= 4 is 16.7 Å². The molecule has 96 valence electrons. The topological polar surface area (TPSA) is 45.1 Å². The summed E-state index contributed by atoms with van der Waals surface area (Å²) in [6.45, 7) is 5.30. The highest BCUT2D eigenvalue weighted by atomic mass is 16.3. The van der Waals surface area contributed by atoms with Gasteiger partial charge in [-0.2, -0.15) is 0 Å². The summed E-state index contributed by atoms with van der Waals surface area (Å²) in [5, 5.41) is 13.5. The smallest absolute Gasteiger partial charge is 0.126 e. The van der Waals surface area contributed by atoms with Gasteiger partial charge in [0.25, 0.3) is 0 Å². The lowest BCUT2D eigenvalue weighted by Gasteiger charge is -2.24. The lowest BCUT2D eigenvalue weighted by molar-refractivity contribution is 0.220. The van der Waals surface area contributed by atoms with Crippen LogP contribution in [0, 0.1) is 5.41 Å². The van der Waals surface area contributed by atoms with E-state index in [0.717, 1.165) is 29.7 Å². The lowest BCUT2D eigenvalue weighted by atomic mass is 9.90. The van der Waals surface area contributed by atoms with E-state index in [9.17, 15) is 0 Å². The summed E-state index contributed by atoms with van der Waals surface area (Å²) in [5.41, 5.74) is 1.07. The Kier molecular flexibility index (Phi) is 3.82. The van der Waals surface area contributed by atoms with Crippen molar-refractivity contribution in [2.45, 2.75) is 20.3 Å². The standard InChI is InChI=1S/C15H20N2O/c1-15(2,9-10-18)11-16-14-8-7-12-5-3-4-6-13(12)17-14/h3-8,18H,9-11H2,1-2H3,(H,16,17). The number of benzene rings is 1. The van der Waals surface area contributed by atoms with Crippen LogP contribution in [0.5, 0.6) is 0 Å². The first-order valence-corrected chi connectivity index (χ1v) is 6.31. The molecule has 2 N–H and O–H groups in total. The van der Waals surface area contributed by atoms with Gasteiger partial charge >= 0.3 is 0 Å². The second kappa shape index (κ2) is 5.36. The van der Waals surface area contributed by atoms with Crippen LogP contribution < -0.4 is 5.32 Å². The molecule has 0 saturated carbocycles. The molecule has 2 rings (SSSR count). The van der Waals surface area contributed by atoms with Crippen LogP contribution in [0.2, 0.25) is 0 Å². The molecule has 1 aromatic heterocycles. The molecule has 0 aliphatic heterocycles. The van der Waals surface area contributed by atoms with E-state index < -0.39 is 0 Å². The van der Waals surface area contributed by atoms with Gasteiger partial charge in [-0.1, -0.05) is 32.0 Å². The van der Waals surface area contributed by atoms with E-state index in [1.807, 2.05) is 24.3 Å². The van der Waals surface area contributed by atoms with Crippen LogP contribution in [0.3, 0.4) is 0 Å². The molecule has 0 spiro atoms. The molecule has 3 nitrogen and oxygen atoms in total. The van der Waals surface area contributed by atoms with Crippen molar-refractivity contribution in [1.29, 1.82) is 0 Å². The molecule has 0 aliphatic carbocycles. The fourth-order valence-electron chi connectivity index (χ4n) is 1.89. The summed E-state index contributed by atoms with van der Waals surface area (Å²) in [6, 6.07) is 12.2. The Morgan fingerprint density at radius 2 is 1.94 bits per heavy atom. The number of hydrogen-bond donors (Lipinski definition) is 2. The van der Waals surface area contributed by atoms with Gasteiger partial charge < -0.3 is 10.4 Å². The average Bonchev–Trinajstić information content (AvgIpc) is 2.36. The highest BCUT2D eigenvalue weighted by Gasteiger charge is 2.16. The Balaban J connectivity index is 2.08. The van der Waals surface area contributed by atoms with Gasteiger partial charge in [-0.25, -0.2) is 4.98 Å². The number of pyridine rings is 1. The van der Waals surface area contributed by atoms with Crippen molar-refractivity contribution in [3.8, 4) is 0 Å². The van der Waals surface area contributed by atoms with Crippen LogP contribution >= 0.6 is 0 Å². The minimum Gasteiger partial charge on any atom is -0.396 e. The van der Waals surface area contributed by atoms with Crippen LogP contribution in [0.15, 0.2) is 36.4 Å². The maximum absolute atomic E-state index is 9.00. The van der Waals surface area contributed by atoms with E-state index in [-0.39, 0.29) is 12.0 Å². The van der Waals surface area contributed by atoms with Crippen LogP contribution in [0.4, 0.5) is 5.82 Å². The number of nitrogens with one attached hydrogen (secondary N) is 1. The molecule has 3 heteroatoms. The van der Waals surface area contributed by atoms with E-state index in [0.29, 0.717) is 0 Å². The van der Waals surface area contributed by atoms with Gasteiger partial charge in [0.05, 0.1) is 5.52 Å². The molecular formula is C15H20N2O. The summed E-state index contributed by atoms with van der Waals surface area (Å²) in [4.78, 5) is 4.56. The maximum Gasteiger partial charge on any atom is 0.126 e. The molecular weight excluding hydrogens is 224 g/mol. The largest absolute Gasteiger partial charge is 0.396 e. The van der Waals surface area contributed by atoms with E-state index in [2.05, 4.69) is 36.3 Å². The minimum atomic E-state index is 0.0715. The first-order chi connectivity index (χ1) is 8.61. The normalized spacial score (nSPS) is 11.7. The molecule has 1 aromatic carbocycles. The monoisotopic (exact) mass is 244 g/mol. The average molecular weight is 244 g/mol. The second-order valence-electron chi connectivity index (χ2n) is 5.38. The third kappa shape index (κ3) is 3.20. The molecule has 1 heterocycles. The molecule has 0 atom stereocenters. The highest BCUT2D eigenvalue weighted by molar-refractivity contribution is 5.80. The number of anilines is 1. The van der Waals surface area contributed by atoms with E-state index in [4.69, 9.17) is 5.11 Å². The molecule has 2 aromatic rings. The molecule has 0 saturated heterocycles. The molecule has 0 radical (unpaired) electrons. The first-order valence-electron chi connectivity index (χ1n) is 6.31. The number of aliphatic hydroxyl groups is 1. The molecule has 0 bridgehead atoms. The molecule has 18 heavy (non-hydrogen) atoms. The number of aliphatic hydroxyl groups excluding tert-OH is 1. The molecule has 0 aliphatic rings. The van der Waals surface area contributed by atoms with Gasteiger partial charge in [0.15, 0.2) is 0 Å². The summed E-state index contributed by atoms with van der Waals surface area (Å²) in [7, 11) is 0. The molecule has 0 amide bonds. The van der Waals surface area contributed by atoms with Gasteiger partial charge in [0, 0.05) is 18.5 Å². The van der Waals surface area contributed by atoms with Crippen molar-refractivity contribution in [3.63, 3.8) is 0 Å². The Morgan fingerprint density at radius 3 is 2.72 bits per heavy atom. The van der Waals surface area contributed by atoms with Crippen molar-refractivity contribution < 1.29 is 5.11 Å². The van der Waals surface area contributed by atoms with Gasteiger partial charge in [-0.15, -0.1) is 0 Å². The lowest BCUT2D eigenvalue weighted by Crippen LogP contribution is -2.24. The van der Waals surface area contributed by atoms with Crippen LogP contribution in [-0.4, -0.2) is 23.2 Å². The van der Waals surface area contributed by atoms with Crippen molar-refractivity contribution in [2.24, 2.45) is 5.41 Å². The highest BCUT2D eigenvalue weighted by Crippen LogP contribution is 2.21. The maximum atomic E-state index is 9.00. The number of nitrogens with zero attached hydrogens (tertiary/aromatic N) is 1. The van der Waals surface area contributed by atoms with Gasteiger partial charge in [0.2, 0.25) is 0 Å². The molecule has 0 unspecified atom stereocenters. The van der Waals surface area contributed by atoms with Gasteiger partial charge in [-0.3, -0.25) is 0 Å². The van der Waals surface area contributed by atoms with Gasteiger partial charge in [0.1, 0.15) is 5.82 Å². The van der Waals surface area contributed by atoms with E-state index in [1.165, 1.54) is 0 Å². The Morgan fingerprint density at radius 1 is 1.17 bits per heavy atom. The fraction of sp³-hybridized carbons (Fsp3) is 0.400. The zero-order valence-corrected chi connectivity index (χ0v) is 11.0. The number of rotatable bonds is 5. The van der Waals surface area contributed by atoms with Gasteiger partial charge in [-0.05, 0) is 30.0 Å². The van der Waals surface area contributed by atoms with Crippen molar-refractivity contribution in [3.05, 3.63) is 36.4 Å². The van der Waals surface area contributed by atoms with Crippen molar-refractivity contribution in [2.75, 3.05) is 18.5 Å². The summed E-state index contributed by atoms with van der Waals surface area (Å²) >= 11 is 0. The van der Waals surface area contributed by atoms with Crippen LogP contribution in [0.25, 0.3) is 10.9 Å². The molecule has 0 fully saturated rings. The van der Waals surface area contributed by atoms with E-state index >= 15 is 0 Å². The van der Waals surface area contributed by atoms with Crippen molar-refractivity contribution in [1.82, 2.24) is 4.98 Å². The third-order valence-corrected chi connectivity index (χ3v) is 3.14. The predicted molar refractivity (Wildman–Crippen MR) is 75.7 cm³/mol. The number of fused-ring (bicyclic) bond motifs is 1. The Bertz CT molecular complexity index is 523. The second-order valence-corrected chi connectivity index (χ2v) is 5.38. The summed E-state index contributed by atoms with van der Waals surface area (Å²) in [6.07, 6.45) is 0.785. The first kappa shape index (κ1) is 12.8. The Hall–Kier alpha value is -1.61. The Labute approximate surface area is 108 Å². The van der Waals surface area contributed by atoms with Crippen LogP contribution in [0.1, 0.15) is 20.3 Å². The number of aromatic nitrogens is 1. The zero-order valence-electron chi connectivity index (χ0n) is 11.0. The summed E-state index contributed by atoms with van der Waals surface area (Å²) < 4.78 is 0. The van der Waals surface area contributed by atoms with E-state index in [1.54, 1.807) is 0 Å². The summed E-state index contributed by atoms with van der Waals surface area (Å²) in [5.74, 6) is 0.889. The minimum absolute atomic E-state index is 0.0715. The SMILES string of the molecule is CC(C)(CCO)CNc1ccc2ccccc2n1. The van der Waals surface area contributed by atoms with Crippen LogP contribution in [-0.2, 0) is 0 Å². The number of hydrogen-bond acceptors (Lipinski definition) is 3. The quantitative estimate of drug-likeness (QED) is 0.849. The zero-order chi connectivity index (χ0) is 13.0. The number of para-hydroxylation sites is 1.